The largest absolute Gasteiger partial charge is 0.497 e. The average molecular weight is 309 g/mol. The van der Waals surface area contributed by atoms with Crippen LogP contribution >= 0.6 is 11.6 Å². The molecule has 4 nitrogen and oxygen atoms in total. The first-order valence-electron chi connectivity index (χ1n) is 6.10. The lowest BCUT2D eigenvalue weighted by atomic mass is 10.2. The first-order valence-corrected chi connectivity index (χ1v) is 6.48. The topological polar surface area (TPSA) is 68.3 Å². The van der Waals surface area contributed by atoms with Gasteiger partial charge in [-0.2, -0.15) is 0 Å². The van der Waals surface area contributed by atoms with Gasteiger partial charge in [0.05, 0.1) is 12.1 Å². The van der Waals surface area contributed by atoms with Crippen LogP contribution in [0.4, 0.5) is 4.39 Å². The third-order valence-electron chi connectivity index (χ3n) is 2.87. The predicted molar refractivity (Wildman–Crippen MR) is 79.8 cm³/mol. The van der Waals surface area contributed by atoms with Crippen LogP contribution in [0, 0.1) is 11.2 Å². The number of amidine groups is 1. The number of hydrogen-bond acceptors (Lipinski definition) is 3. The molecule has 0 saturated carbocycles. The van der Waals surface area contributed by atoms with Gasteiger partial charge in [-0.3, -0.25) is 5.41 Å². The fourth-order valence-corrected chi connectivity index (χ4v) is 1.97. The summed E-state index contributed by atoms with van der Waals surface area (Å²) in [7, 11) is 1.50. The molecule has 0 aromatic heterocycles. The molecule has 0 saturated heterocycles. The molecule has 0 radical (unpaired) electrons. The fraction of sp³-hybridized carbons (Fsp3) is 0.133. The van der Waals surface area contributed by atoms with Crippen LogP contribution in [0.5, 0.6) is 11.5 Å². The maximum absolute atomic E-state index is 13.7. The summed E-state index contributed by atoms with van der Waals surface area (Å²) in [5, 5.41) is 7.75. The molecule has 0 amide bonds. The van der Waals surface area contributed by atoms with Crippen LogP contribution in [0.3, 0.4) is 0 Å². The van der Waals surface area contributed by atoms with Crippen molar-refractivity contribution < 1.29 is 13.9 Å². The van der Waals surface area contributed by atoms with Crippen LogP contribution in [0.25, 0.3) is 0 Å². The Morgan fingerprint density at radius 3 is 2.62 bits per heavy atom. The van der Waals surface area contributed by atoms with Gasteiger partial charge in [-0.05, 0) is 24.3 Å². The van der Waals surface area contributed by atoms with Crippen molar-refractivity contribution in [3.05, 3.63) is 58.4 Å². The maximum atomic E-state index is 13.7. The highest BCUT2D eigenvalue weighted by Crippen LogP contribution is 2.25. The number of ether oxygens (including phenoxy) is 2. The number of rotatable bonds is 5. The van der Waals surface area contributed by atoms with E-state index in [9.17, 15) is 4.39 Å². The van der Waals surface area contributed by atoms with E-state index >= 15 is 0 Å². The van der Waals surface area contributed by atoms with E-state index in [0.29, 0.717) is 22.1 Å². The lowest BCUT2D eigenvalue weighted by Gasteiger charge is -2.11. The zero-order valence-electron chi connectivity index (χ0n) is 11.3. The predicted octanol–water partition coefficient (Wildman–Crippen LogP) is 3.35. The molecule has 0 atom stereocenters. The van der Waals surface area contributed by atoms with E-state index in [4.69, 9.17) is 32.2 Å². The quantitative estimate of drug-likeness (QED) is 0.657. The van der Waals surface area contributed by atoms with Crippen LogP contribution < -0.4 is 15.2 Å². The molecule has 2 aromatic rings. The minimum Gasteiger partial charge on any atom is -0.497 e. The highest BCUT2D eigenvalue weighted by molar-refractivity contribution is 6.31. The molecule has 0 unspecified atom stereocenters. The minimum absolute atomic E-state index is 0.0317. The van der Waals surface area contributed by atoms with Crippen LogP contribution in [0.15, 0.2) is 36.4 Å². The molecule has 0 heterocycles. The number of benzene rings is 2. The zero-order valence-corrected chi connectivity index (χ0v) is 12.1. The van der Waals surface area contributed by atoms with E-state index in [1.165, 1.54) is 19.2 Å². The molecule has 0 aliphatic carbocycles. The third-order valence-corrected chi connectivity index (χ3v) is 3.23. The van der Waals surface area contributed by atoms with Crippen LogP contribution in [0.1, 0.15) is 11.1 Å². The molecule has 110 valence electrons. The van der Waals surface area contributed by atoms with Crippen molar-refractivity contribution in [1.82, 2.24) is 0 Å². The highest BCUT2D eigenvalue weighted by Gasteiger charge is 2.09. The Kier molecular flexibility index (Phi) is 4.65. The molecule has 2 aromatic carbocycles. The Labute approximate surface area is 126 Å². The number of halogens is 2. The number of hydrogen-bond donors (Lipinski definition) is 2. The molecule has 0 fully saturated rings. The number of methoxy groups -OCH3 is 1. The summed E-state index contributed by atoms with van der Waals surface area (Å²) in [6.07, 6.45) is 0. The van der Waals surface area contributed by atoms with Crippen molar-refractivity contribution in [3.8, 4) is 11.5 Å². The number of nitrogens with two attached hydrogens (primary N) is 1. The van der Waals surface area contributed by atoms with Gasteiger partial charge in [0.2, 0.25) is 0 Å². The minimum atomic E-state index is -0.433. The van der Waals surface area contributed by atoms with Crippen LogP contribution in [0.2, 0.25) is 5.02 Å². The molecular formula is C15H14ClFN2O2. The molecular weight excluding hydrogens is 295 g/mol. The molecule has 3 N–H and O–H groups in total. The van der Waals surface area contributed by atoms with Gasteiger partial charge >= 0.3 is 0 Å². The zero-order chi connectivity index (χ0) is 15.4. The Morgan fingerprint density at radius 2 is 2.00 bits per heavy atom. The molecule has 21 heavy (non-hydrogen) atoms. The number of nitrogen functional groups attached to an aromatic ring is 1. The summed E-state index contributed by atoms with van der Waals surface area (Å²) in [6, 6.07) is 9.26. The number of nitrogens with one attached hydrogen (secondary N) is 1. The van der Waals surface area contributed by atoms with Crippen molar-refractivity contribution in [1.29, 1.82) is 5.41 Å². The van der Waals surface area contributed by atoms with E-state index in [1.807, 2.05) is 0 Å². The van der Waals surface area contributed by atoms with E-state index in [1.54, 1.807) is 24.3 Å². The Bertz CT molecular complexity index is 656. The maximum Gasteiger partial charge on any atom is 0.131 e. The van der Waals surface area contributed by atoms with Crippen molar-refractivity contribution >= 4 is 17.4 Å². The summed E-state index contributed by atoms with van der Waals surface area (Å²) in [6.45, 7) is -0.0317. The third kappa shape index (κ3) is 3.64. The molecule has 0 spiro atoms. The highest BCUT2D eigenvalue weighted by atomic mass is 35.5. The second-order valence-electron chi connectivity index (χ2n) is 4.30. The first kappa shape index (κ1) is 15.1. The second-order valence-corrected chi connectivity index (χ2v) is 4.71. The Morgan fingerprint density at radius 1 is 1.29 bits per heavy atom. The Hall–Kier alpha value is -2.27. The normalized spacial score (nSPS) is 10.2. The summed E-state index contributed by atoms with van der Waals surface area (Å²) in [4.78, 5) is 0. The van der Waals surface area contributed by atoms with E-state index < -0.39 is 5.82 Å². The summed E-state index contributed by atoms with van der Waals surface area (Å²) < 4.78 is 24.3. The van der Waals surface area contributed by atoms with E-state index in [2.05, 4.69) is 0 Å². The van der Waals surface area contributed by atoms with Gasteiger partial charge < -0.3 is 15.2 Å². The van der Waals surface area contributed by atoms with Crippen molar-refractivity contribution in [3.63, 3.8) is 0 Å². The summed E-state index contributed by atoms with van der Waals surface area (Å²) >= 11 is 5.94. The van der Waals surface area contributed by atoms with Gasteiger partial charge in [-0.15, -0.1) is 0 Å². The summed E-state index contributed by atoms with van der Waals surface area (Å²) in [5.41, 5.74) is 6.18. The van der Waals surface area contributed by atoms with E-state index in [0.717, 1.165) is 0 Å². The molecule has 0 aliphatic rings. The fourth-order valence-electron chi connectivity index (χ4n) is 1.75. The standard InChI is InChI=1S/C15H14ClFN2O2/c1-20-10-5-9(15(18)19)6-11(7-10)21-8-12-13(16)3-2-4-14(12)17/h2-7H,8H2,1H3,(H3,18,19). The van der Waals surface area contributed by atoms with Crippen molar-refractivity contribution in [2.75, 3.05) is 7.11 Å². The van der Waals surface area contributed by atoms with Crippen LogP contribution in [-0.4, -0.2) is 12.9 Å². The second kappa shape index (κ2) is 6.45. The SMILES string of the molecule is COc1cc(OCc2c(F)cccc2Cl)cc(C(=N)N)c1. The summed E-state index contributed by atoms with van der Waals surface area (Å²) in [5.74, 6) is 0.371. The van der Waals surface area contributed by atoms with Crippen molar-refractivity contribution in [2.24, 2.45) is 5.73 Å². The smallest absolute Gasteiger partial charge is 0.131 e. The van der Waals surface area contributed by atoms with Gasteiger partial charge in [0.1, 0.15) is 29.8 Å². The molecule has 2 rings (SSSR count). The monoisotopic (exact) mass is 308 g/mol. The van der Waals surface area contributed by atoms with Crippen molar-refractivity contribution in [2.45, 2.75) is 6.61 Å². The lowest BCUT2D eigenvalue weighted by molar-refractivity contribution is 0.297. The van der Waals surface area contributed by atoms with Gasteiger partial charge in [0.25, 0.3) is 0 Å². The molecule has 6 heteroatoms. The van der Waals surface area contributed by atoms with E-state index in [-0.39, 0.29) is 18.0 Å². The first-order chi connectivity index (χ1) is 10.0. The van der Waals surface area contributed by atoms with Crippen LogP contribution in [-0.2, 0) is 6.61 Å². The van der Waals surface area contributed by atoms with Gasteiger partial charge in [-0.1, -0.05) is 17.7 Å². The molecule has 0 aliphatic heterocycles. The van der Waals surface area contributed by atoms with Gasteiger partial charge in [-0.25, -0.2) is 4.39 Å². The average Bonchev–Trinajstić information content (AvgIpc) is 2.46. The lowest BCUT2D eigenvalue weighted by Crippen LogP contribution is -2.11. The van der Waals surface area contributed by atoms with Gasteiger partial charge in [0.15, 0.2) is 0 Å². The van der Waals surface area contributed by atoms with Gasteiger partial charge in [0, 0.05) is 17.2 Å². The Balaban J connectivity index is 2.23. The molecule has 0 bridgehead atoms.